The molecule has 2 rings (SSSR count). The zero-order valence-corrected chi connectivity index (χ0v) is 12.0. The fraction of sp³-hybridized carbons (Fsp3) is 0.143. The molecular weight excluding hydrogens is 276 g/mol. The fourth-order valence-electron chi connectivity index (χ4n) is 1.78. The zero-order chi connectivity index (χ0) is 14.7. The number of pyridine rings is 1. The van der Waals surface area contributed by atoms with E-state index in [2.05, 4.69) is 10.3 Å². The smallest absolute Gasteiger partial charge is 0.257 e. The van der Waals surface area contributed by atoms with Crippen LogP contribution in [-0.4, -0.2) is 25.0 Å². The minimum Gasteiger partial charge on any atom is -0.399 e. The predicted octanol–water partition coefficient (Wildman–Crippen LogP) is 2.64. The number of carbonyl (C=O) groups excluding carboxylic acids is 1. The quantitative estimate of drug-likeness (QED) is 0.853. The van der Waals surface area contributed by atoms with E-state index in [0.717, 1.165) is 5.69 Å². The SMILES string of the molecule is CN(C)c1ccc(N)cc1C(=O)Nc1cnccc1Cl. The summed E-state index contributed by atoms with van der Waals surface area (Å²) < 4.78 is 0. The molecule has 0 aliphatic carbocycles. The number of hydrogen-bond donors (Lipinski definition) is 2. The second kappa shape index (κ2) is 5.79. The maximum Gasteiger partial charge on any atom is 0.257 e. The Morgan fingerprint density at radius 3 is 2.75 bits per heavy atom. The molecule has 0 fully saturated rings. The average molecular weight is 291 g/mol. The van der Waals surface area contributed by atoms with E-state index >= 15 is 0 Å². The molecule has 3 N–H and O–H groups in total. The lowest BCUT2D eigenvalue weighted by Crippen LogP contribution is -2.19. The third-order valence-electron chi connectivity index (χ3n) is 2.76. The second-order valence-corrected chi connectivity index (χ2v) is 4.89. The first-order valence-electron chi connectivity index (χ1n) is 5.96. The summed E-state index contributed by atoms with van der Waals surface area (Å²) in [6.07, 6.45) is 3.06. The van der Waals surface area contributed by atoms with Crippen LogP contribution in [0.5, 0.6) is 0 Å². The average Bonchev–Trinajstić information content (AvgIpc) is 2.40. The van der Waals surface area contributed by atoms with Crippen LogP contribution in [0.15, 0.2) is 36.7 Å². The molecule has 0 saturated heterocycles. The molecular formula is C14H15ClN4O. The lowest BCUT2D eigenvalue weighted by atomic mass is 10.1. The highest BCUT2D eigenvalue weighted by Crippen LogP contribution is 2.24. The maximum absolute atomic E-state index is 12.4. The van der Waals surface area contributed by atoms with Crippen molar-refractivity contribution >= 4 is 34.6 Å². The largest absolute Gasteiger partial charge is 0.399 e. The van der Waals surface area contributed by atoms with Crippen LogP contribution in [0.2, 0.25) is 5.02 Å². The molecule has 0 atom stereocenters. The zero-order valence-electron chi connectivity index (χ0n) is 11.2. The second-order valence-electron chi connectivity index (χ2n) is 4.48. The highest BCUT2D eigenvalue weighted by atomic mass is 35.5. The van der Waals surface area contributed by atoms with Crippen LogP contribution in [0.4, 0.5) is 17.1 Å². The summed E-state index contributed by atoms with van der Waals surface area (Å²) in [5, 5.41) is 3.17. The molecule has 0 saturated carbocycles. The van der Waals surface area contributed by atoms with E-state index in [4.69, 9.17) is 17.3 Å². The van der Waals surface area contributed by atoms with Gasteiger partial charge in [0.15, 0.2) is 0 Å². The minimum absolute atomic E-state index is 0.282. The highest BCUT2D eigenvalue weighted by Gasteiger charge is 2.14. The first kappa shape index (κ1) is 14.1. The Bertz CT molecular complexity index is 643. The van der Waals surface area contributed by atoms with Crippen molar-refractivity contribution in [3.8, 4) is 0 Å². The summed E-state index contributed by atoms with van der Waals surface area (Å²) in [6.45, 7) is 0. The summed E-state index contributed by atoms with van der Waals surface area (Å²) in [7, 11) is 3.72. The van der Waals surface area contributed by atoms with E-state index in [1.165, 1.54) is 6.20 Å². The van der Waals surface area contributed by atoms with Gasteiger partial charge in [-0.15, -0.1) is 0 Å². The van der Waals surface area contributed by atoms with Crippen LogP contribution >= 0.6 is 11.6 Å². The maximum atomic E-state index is 12.4. The summed E-state index contributed by atoms with van der Waals surface area (Å²) in [5.74, 6) is -0.282. The Hall–Kier alpha value is -2.27. The first-order valence-corrected chi connectivity index (χ1v) is 6.34. The number of nitrogens with one attached hydrogen (secondary N) is 1. The van der Waals surface area contributed by atoms with Gasteiger partial charge >= 0.3 is 0 Å². The molecule has 1 amide bonds. The van der Waals surface area contributed by atoms with Gasteiger partial charge in [-0.2, -0.15) is 0 Å². The Morgan fingerprint density at radius 2 is 2.10 bits per heavy atom. The van der Waals surface area contributed by atoms with Crippen molar-refractivity contribution in [2.24, 2.45) is 0 Å². The third-order valence-corrected chi connectivity index (χ3v) is 3.09. The molecule has 0 aliphatic heterocycles. The molecule has 0 radical (unpaired) electrons. The van der Waals surface area contributed by atoms with Crippen LogP contribution in [0.3, 0.4) is 0 Å². The molecule has 1 aromatic heterocycles. The number of hydrogen-bond acceptors (Lipinski definition) is 4. The summed E-state index contributed by atoms with van der Waals surface area (Å²) in [6, 6.07) is 6.80. The van der Waals surface area contributed by atoms with E-state index in [9.17, 15) is 4.79 Å². The monoisotopic (exact) mass is 290 g/mol. The number of halogens is 1. The topological polar surface area (TPSA) is 71.2 Å². The van der Waals surface area contributed by atoms with Gasteiger partial charge < -0.3 is 16.0 Å². The number of nitrogen functional groups attached to an aromatic ring is 1. The van der Waals surface area contributed by atoms with Crippen LogP contribution in [0, 0.1) is 0 Å². The Labute approximate surface area is 122 Å². The standard InChI is InChI=1S/C14H15ClN4O/c1-19(2)13-4-3-9(16)7-10(13)14(20)18-12-8-17-6-5-11(12)15/h3-8H,16H2,1-2H3,(H,18,20). The van der Waals surface area contributed by atoms with E-state index in [1.807, 2.05) is 19.0 Å². The molecule has 0 aliphatic rings. The molecule has 6 heteroatoms. The summed E-state index contributed by atoms with van der Waals surface area (Å²) in [4.78, 5) is 18.1. The number of aromatic nitrogens is 1. The molecule has 1 heterocycles. The molecule has 1 aromatic carbocycles. The minimum atomic E-state index is -0.282. The van der Waals surface area contributed by atoms with Gasteiger partial charge in [-0.3, -0.25) is 9.78 Å². The molecule has 104 valence electrons. The van der Waals surface area contributed by atoms with Crippen LogP contribution in [-0.2, 0) is 0 Å². The van der Waals surface area contributed by atoms with Crippen molar-refractivity contribution in [1.29, 1.82) is 0 Å². The molecule has 2 aromatic rings. The van der Waals surface area contributed by atoms with Gasteiger partial charge in [-0.1, -0.05) is 11.6 Å². The van der Waals surface area contributed by atoms with Gasteiger partial charge in [0, 0.05) is 31.7 Å². The van der Waals surface area contributed by atoms with Gasteiger partial charge in [-0.05, 0) is 24.3 Å². The van der Waals surface area contributed by atoms with E-state index < -0.39 is 0 Å². The normalized spacial score (nSPS) is 10.2. The molecule has 0 spiro atoms. The van der Waals surface area contributed by atoms with Crippen molar-refractivity contribution in [3.05, 3.63) is 47.2 Å². The molecule has 5 nitrogen and oxygen atoms in total. The number of nitrogens with zero attached hydrogens (tertiary/aromatic N) is 2. The molecule has 0 unspecified atom stereocenters. The fourth-order valence-corrected chi connectivity index (χ4v) is 1.94. The number of carbonyl (C=O) groups is 1. The highest BCUT2D eigenvalue weighted by molar-refractivity contribution is 6.33. The third kappa shape index (κ3) is 3.00. The lowest BCUT2D eigenvalue weighted by molar-refractivity contribution is 0.102. The van der Waals surface area contributed by atoms with Gasteiger partial charge in [0.25, 0.3) is 5.91 Å². The molecule has 20 heavy (non-hydrogen) atoms. The van der Waals surface area contributed by atoms with Gasteiger partial charge in [0.1, 0.15) is 0 Å². The lowest BCUT2D eigenvalue weighted by Gasteiger charge is -2.17. The molecule has 0 bridgehead atoms. The van der Waals surface area contributed by atoms with Crippen LogP contribution in [0.1, 0.15) is 10.4 Å². The number of rotatable bonds is 3. The Balaban J connectivity index is 2.34. The van der Waals surface area contributed by atoms with Gasteiger partial charge in [0.2, 0.25) is 0 Å². The van der Waals surface area contributed by atoms with Crippen molar-refractivity contribution in [2.45, 2.75) is 0 Å². The van der Waals surface area contributed by atoms with E-state index in [-0.39, 0.29) is 5.91 Å². The number of benzene rings is 1. The van der Waals surface area contributed by atoms with Gasteiger partial charge in [-0.25, -0.2) is 0 Å². The van der Waals surface area contributed by atoms with Crippen LogP contribution < -0.4 is 16.0 Å². The van der Waals surface area contributed by atoms with Crippen molar-refractivity contribution < 1.29 is 4.79 Å². The summed E-state index contributed by atoms with van der Waals surface area (Å²) >= 11 is 6.00. The summed E-state index contributed by atoms with van der Waals surface area (Å²) in [5.41, 5.74) is 8.00. The first-order chi connectivity index (χ1) is 9.49. The number of amides is 1. The van der Waals surface area contributed by atoms with Crippen molar-refractivity contribution in [2.75, 3.05) is 30.0 Å². The van der Waals surface area contributed by atoms with Crippen molar-refractivity contribution in [1.82, 2.24) is 4.98 Å². The number of nitrogens with two attached hydrogens (primary N) is 1. The van der Waals surface area contributed by atoms with Gasteiger partial charge in [0.05, 0.1) is 22.5 Å². The predicted molar refractivity (Wildman–Crippen MR) is 82.4 cm³/mol. The Kier molecular flexibility index (Phi) is 4.10. The Morgan fingerprint density at radius 1 is 1.35 bits per heavy atom. The van der Waals surface area contributed by atoms with E-state index in [1.54, 1.807) is 30.5 Å². The van der Waals surface area contributed by atoms with Crippen LogP contribution in [0.25, 0.3) is 0 Å². The number of anilines is 3. The van der Waals surface area contributed by atoms with E-state index in [0.29, 0.717) is 22.0 Å². The van der Waals surface area contributed by atoms with Crippen molar-refractivity contribution in [3.63, 3.8) is 0 Å².